The van der Waals surface area contributed by atoms with E-state index in [-0.39, 0.29) is 18.1 Å². The lowest BCUT2D eigenvalue weighted by Gasteiger charge is -2.19. The zero-order valence-electron chi connectivity index (χ0n) is 16.8. The normalized spacial score (nSPS) is 12.4. The molecule has 0 spiro atoms. The van der Waals surface area contributed by atoms with E-state index in [0.29, 0.717) is 12.3 Å². The number of hydrogen-bond acceptors (Lipinski definition) is 5. The maximum atomic E-state index is 12.1. The minimum Gasteiger partial charge on any atom is -0.480 e. The molecule has 158 valence electrons. The SMILES string of the molecule is CC(C)(C)OC(=O)NCCSCC(=O)NC(Cc1c[nH]c2ccccc12)C(=O)O. The lowest BCUT2D eigenvalue weighted by molar-refractivity contribution is -0.141. The number of para-hydroxylation sites is 1. The van der Waals surface area contributed by atoms with Gasteiger partial charge in [-0.3, -0.25) is 4.79 Å². The van der Waals surface area contributed by atoms with Crippen LogP contribution in [0.2, 0.25) is 0 Å². The molecule has 1 unspecified atom stereocenters. The summed E-state index contributed by atoms with van der Waals surface area (Å²) in [7, 11) is 0. The number of carbonyl (C=O) groups excluding carboxylic acids is 2. The van der Waals surface area contributed by atoms with E-state index in [2.05, 4.69) is 15.6 Å². The number of rotatable bonds is 9. The van der Waals surface area contributed by atoms with E-state index >= 15 is 0 Å². The number of carboxylic acid groups (broad SMARTS) is 1. The topological polar surface area (TPSA) is 121 Å². The Morgan fingerprint density at radius 3 is 2.66 bits per heavy atom. The first kappa shape index (κ1) is 22.6. The Morgan fingerprint density at radius 1 is 1.24 bits per heavy atom. The Bertz CT molecular complexity index is 859. The van der Waals surface area contributed by atoms with Crippen LogP contribution in [0.25, 0.3) is 10.9 Å². The largest absolute Gasteiger partial charge is 0.480 e. The molecular weight excluding hydrogens is 394 g/mol. The van der Waals surface area contributed by atoms with Crippen molar-refractivity contribution in [3.05, 3.63) is 36.0 Å². The first-order chi connectivity index (χ1) is 13.7. The molecule has 1 aromatic carbocycles. The minimum absolute atomic E-state index is 0.105. The standard InChI is InChI=1S/C20H27N3O5S/c1-20(2,3)28-19(27)21-8-9-29-12-17(24)23-16(18(25)26)10-13-11-22-15-7-5-4-6-14(13)15/h4-7,11,16,22H,8-10,12H2,1-3H3,(H,21,27)(H,23,24)(H,25,26). The van der Waals surface area contributed by atoms with Gasteiger partial charge in [0, 0.05) is 35.8 Å². The summed E-state index contributed by atoms with van der Waals surface area (Å²) in [6.07, 6.45) is 1.45. The molecule has 2 aromatic rings. The summed E-state index contributed by atoms with van der Waals surface area (Å²) in [5.41, 5.74) is 1.20. The van der Waals surface area contributed by atoms with E-state index < -0.39 is 23.7 Å². The molecule has 0 aliphatic carbocycles. The van der Waals surface area contributed by atoms with Crippen LogP contribution in [0, 0.1) is 0 Å². The van der Waals surface area contributed by atoms with Crippen LogP contribution < -0.4 is 10.6 Å². The van der Waals surface area contributed by atoms with E-state index in [9.17, 15) is 19.5 Å². The van der Waals surface area contributed by atoms with Crippen molar-refractivity contribution in [1.82, 2.24) is 15.6 Å². The third kappa shape index (κ3) is 7.69. The van der Waals surface area contributed by atoms with Gasteiger partial charge in [0.25, 0.3) is 0 Å². The van der Waals surface area contributed by atoms with Crippen molar-refractivity contribution < 1.29 is 24.2 Å². The molecule has 0 radical (unpaired) electrons. The van der Waals surface area contributed by atoms with Crippen LogP contribution in [-0.2, 0) is 20.7 Å². The van der Waals surface area contributed by atoms with Crippen LogP contribution >= 0.6 is 11.8 Å². The fraction of sp³-hybridized carbons (Fsp3) is 0.450. The Hall–Kier alpha value is -2.68. The number of H-pyrrole nitrogens is 1. The molecule has 8 nitrogen and oxygen atoms in total. The highest BCUT2D eigenvalue weighted by Crippen LogP contribution is 2.19. The van der Waals surface area contributed by atoms with Gasteiger partial charge in [0.1, 0.15) is 11.6 Å². The highest BCUT2D eigenvalue weighted by atomic mass is 32.2. The van der Waals surface area contributed by atoms with E-state index in [1.54, 1.807) is 27.0 Å². The van der Waals surface area contributed by atoms with Crippen LogP contribution in [0.1, 0.15) is 26.3 Å². The summed E-state index contributed by atoms with van der Waals surface area (Å²) < 4.78 is 5.12. The zero-order chi connectivity index (χ0) is 21.4. The molecule has 0 bridgehead atoms. The molecule has 4 N–H and O–H groups in total. The van der Waals surface area contributed by atoms with Crippen molar-refractivity contribution in [3.8, 4) is 0 Å². The van der Waals surface area contributed by atoms with Crippen LogP contribution in [0.4, 0.5) is 4.79 Å². The molecule has 0 fully saturated rings. The number of carbonyl (C=O) groups is 3. The number of nitrogens with one attached hydrogen (secondary N) is 3. The fourth-order valence-corrected chi connectivity index (χ4v) is 3.32. The molecule has 2 rings (SSSR count). The summed E-state index contributed by atoms with van der Waals surface area (Å²) in [5, 5.41) is 15.6. The van der Waals surface area contributed by atoms with Crippen molar-refractivity contribution in [2.24, 2.45) is 0 Å². The number of carboxylic acids is 1. The summed E-state index contributed by atoms with van der Waals surface area (Å²) >= 11 is 1.30. The first-order valence-corrected chi connectivity index (χ1v) is 10.4. The van der Waals surface area contributed by atoms with E-state index in [0.717, 1.165) is 16.5 Å². The molecule has 0 aliphatic heterocycles. The summed E-state index contributed by atoms with van der Waals surface area (Å²) in [6, 6.07) is 6.59. The number of benzene rings is 1. The van der Waals surface area contributed by atoms with Crippen LogP contribution in [-0.4, -0.2) is 57.8 Å². The Labute approximate surface area is 173 Å². The number of ether oxygens (including phenoxy) is 1. The van der Waals surface area contributed by atoms with Gasteiger partial charge in [0.15, 0.2) is 0 Å². The number of aliphatic carboxylic acids is 1. The monoisotopic (exact) mass is 421 g/mol. The van der Waals surface area contributed by atoms with Gasteiger partial charge in [0.2, 0.25) is 5.91 Å². The number of alkyl carbamates (subject to hydrolysis) is 1. The number of amides is 2. The Kier molecular flexibility index (Phi) is 7.95. The van der Waals surface area contributed by atoms with Crippen LogP contribution in [0.5, 0.6) is 0 Å². The predicted molar refractivity (Wildman–Crippen MR) is 113 cm³/mol. The molecule has 0 saturated carbocycles. The predicted octanol–water partition coefficient (Wildman–Crippen LogP) is 2.54. The molecule has 29 heavy (non-hydrogen) atoms. The molecular formula is C20H27N3O5S. The summed E-state index contributed by atoms with van der Waals surface area (Å²) in [5.74, 6) is -0.833. The maximum Gasteiger partial charge on any atom is 0.407 e. The number of aromatic amines is 1. The Balaban J connectivity index is 1.75. The molecule has 2 amide bonds. The molecule has 1 atom stereocenters. The summed E-state index contributed by atoms with van der Waals surface area (Å²) in [4.78, 5) is 38.3. The molecule has 0 saturated heterocycles. The van der Waals surface area contributed by atoms with Gasteiger partial charge >= 0.3 is 12.1 Å². The third-order valence-electron chi connectivity index (χ3n) is 3.88. The third-order valence-corrected chi connectivity index (χ3v) is 4.84. The first-order valence-electron chi connectivity index (χ1n) is 9.27. The summed E-state index contributed by atoms with van der Waals surface area (Å²) in [6.45, 7) is 5.69. The minimum atomic E-state index is -1.08. The maximum absolute atomic E-state index is 12.1. The second kappa shape index (κ2) is 10.2. The average molecular weight is 422 g/mol. The smallest absolute Gasteiger partial charge is 0.407 e. The quantitative estimate of drug-likeness (QED) is 0.462. The second-order valence-electron chi connectivity index (χ2n) is 7.50. The fourth-order valence-electron chi connectivity index (χ4n) is 2.66. The van der Waals surface area contributed by atoms with E-state index in [1.165, 1.54) is 11.8 Å². The number of fused-ring (bicyclic) bond motifs is 1. The van der Waals surface area contributed by atoms with Gasteiger partial charge in [-0.1, -0.05) is 18.2 Å². The Morgan fingerprint density at radius 2 is 1.97 bits per heavy atom. The highest BCUT2D eigenvalue weighted by Gasteiger charge is 2.22. The van der Waals surface area contributed by atoms with E-state index in [1.807, 2.05) is 24.3 Å². The van der Waals surface area contributed by atoms with E-state index in [4.69, 9.17) is 4.74 Å². The molecule has 1 aromatic heterocycles. The highest BCUT2D eigenvalue weighted by molar-refractivity contribution is 7.99. The van der Waals surface area contributed by atoms with Gasteiger partial charge in [-0.05, 0) is 32.4 Å². The van der Waals surface area contributed by atoms with Crippen LogP contribution in [0.3, 0.4) is 0 Å². The lowest BCUT2D eigenvalue weighted by Crippen LogP contribution is -2.43. The van der Waals surface area contributed by atoms with Gasteiger partial charge < -0.3 is 25.5 Å². The number of thioether (sulfide) groups is 1. The zero-order valence-corrected chi connectivity index (χ0v) is 17.6. The van der Waals surface area contributed by atoms with Crippen molar-refractivity contribution >= 4 is 40.6 Å². The average Bonchev–Trinajstić information content (AvgIpc) is 3.02. The van der Waals surface area contributed by atoms with Crippen molar-refractivity contribution in [1.29, 1.82) is 0 Å². The van der Waals surface area contributed by atoms with Crippen LogP contribution in [0.15, 0.2) is 30.5 Å². The van der Waals surface area contributed by atoms with Gasteiger partial charge in [-0.15, -0.1) is 0 Å². The van der Waals surface area contributed by atoms with Gasteiger partial charge in [0.05, 0.1) is 5.75 Å². The van der Waals surface area contributed by atoms with Crippen molar-refractivity contribution in [2.45, 2.75) is 38.8 Å². The molecule has 0 aliphatic rings. The van der Waals surface area contributed by atoms with Crippen molar-refractivity contribution in [2.75, 3.05) is 18.1 Å². The molecule has 9 heteroatoms. The van der Waals surface area contributed by atoms with Gasteiger partial charge in [-0.2, -0.15) is 11.8 Å². The lowest BCUT2D eigenvalue weighted by atomic mass is 10.1. The van der Waals surface area contributed by atoms with Gasteiger partial charge in [-0.25, -0.2) is 9.59 Å². The molecule has 1 heterocycles. The number of hydrogen-bond donors (Lipinski definition) is 4. The van der Waals surface area contributed by atoms with Crippen molar-refractivity contribution in [3.63, 3.8) is 0 Å². The second-order valence-corrected chi connectivity index (χ2v) is 8.61. The number of aromatic nitrogens is 1.